The molecule has 2 aliphatic heterocycles. The summed E-state index contributed by atoms with van der Waals surface area (Å²) in [5.41, 5.74) is 0.0552. The van der Waals surface area contributed by atoms with Crippen molar-refractivity contribution in [1.29, 1.82) is 0 Å². The maximum absolute atomic E-state index is 14.5. The molecule has 16 heteroatoms. The van der Waals surface area contributed by atoms with Gasteiger partial charge in [0, 0.05) is 51.7 Å². The number of aromatic nitrogens is 2. The first-order valence-electron chi connectivity index (χ1n) is 17.4. The molecule has 2 atom stereocenters. The van der Waals surface area contributed by atoms with E-state index in [4.69, 9.17) is 4.74 Å². The monoisotopic (exact) mass is 736 g/mol. The van der Waals surface area contributed by atoms with Gasteiger partial charge < -0.3 is 15.3 Å². The first-order valence-corrected chi connectivity index (χ1v) is 17.4. The topological polar surface area (TPSA) is 144 Å². The minimum Gasteiger partial charge on any atom is -0.870 e. The van der Waals surface area contributed by atoms with Crippen molar-refractivity contribution in [3.05, 3.63) is 67.0 Å². The Balaban J connectivity index is 0.000000502. The molecule has 288 valence electrons. The van der Waals surface area contributed by atoms with Crippen LogP contribution in [0.4, 0.5) is 17.6 Å². The zero-order chi connectivity index (χ0) is 37.4. The fourth-order valence-electron chi connectivity index (χ4n) is 6.17. The summed E-state index contributed by atoms with van der Waals surface area (Å²) in [4.78, 5) is 52.3. The molecule has 0 aromatic carbocycles. The van der Waals surface area contributed by atoms with Gasteiger partial charge >= 0.3 is 30.8 Å². The number of carboxylic acids is 1. The number of alkyl halides is 2. The predicted molar refractivity (Wildman–Crippen MR) is 184 cm³/mol. The maximum atomic E-state index is 14.5. The van der Waals surface area contributed by atoms with Crippen LogP contribution in [0.3, 0.4) is 0 Å². The third-order valence-electron chi connectivity index (χ3n) is 9.18. The Morgan fingerprint density at radius 1 is 0.788 bits per heavy atom. The molecule has 0 saturated carbocycles. The first-order chi connectivity index (χ1) is 23.4. The standard InChI is InChI=1S/C19H28F2N2O3.C17H24F2N2O3.Li.H2O/c1-5-26-19(25)16(8-12(2)3)23-9-14(13(4)17(21)18(23)24)6-7-22-10-15(20)11-22;1-10(2)6-14(17(23)24)21-7-12(11(3)15(19)16(21)22)4-5-20-8-13(18)9-20;;/h9,12,15-16H,5-8,10-11H2,1-4H3;7,10,13-14H,4-6,8-9H2,1-3H3,(H,23,24);;1H2/q;;+1;/p-1. The number of ether oxygens (including phenoxy) is 1. The Hall–Kier alpha value is -2.96. The summed E-state index contributed by atoms with van der Waals surface area (Å²) in [5.74, 6) is -3.24. The summed E-state index contributed by atoms with van der Waals surface area (Å²) in [6.07, 6.45) is 2.99. The second-order valence-corrected chi connectivity index (χ2v) is 14.2. The quantitative estimate of drug-likeness (QED) is 0.164. The van der Waals surface area contributed by atoms with E-state index in [-0.39, 0.29) is 60.3 Å². The van der Waals surface area contributed by atoms with Gasteiger partial charge in [-0.15, -0.1) is 0 Å². The first kappa shape index (κ1) is 47.1. The number of likely N-dealkylation sites (tertiary alicyclic amines) is 2. The summed E-state index contributed by atoms with van der Waals surface area (Å²) >= 11 is 0. The second kappa shape index (κ2) is 21.1. The second-order valence-electron chi connectivity index (χ2n) is 14.2. The van der Waals surface area contributed by atoms with Gasteiger partial charge in [-0.2, -0.15) is 0 Å². The third kappa shape index (κ3) is 12.3. The van der Waals surface area contributed by atoms with Gasteiger partial charge in [0.2, 0.25) is 0 Å². The molecule has 0 spiro atoms. The van der Waals surface area contributed by atoms with Gasteiger partial charge in [-0.25, -0.2) is 27.2 Å². The molecule has 2 aliphatic rings. The zero-order valence-corrected chi connectivity index (χ0v) is 31.6. The smallest absolute Gasteiger partial charge is 0.870 e. The van der Waals surface area contributed by atoms with Gasteiger partial charge in [-0.3, -0.25) is 28.5 Å². The Bertz CT molecular complexity index is 1610. The number of halogens is 4. The summed E-state index contributed by atoms with van der Waals surface area (Å²) in [5, 5.41) is 9.41. The number of carboxylic acid groups (broad SMARTS) is 1. The van der Waals surface area contributed by atoms with E-state index in [0.29, 0.717) is 69.7 Å². The Morgan fingerprint density at radius 2 is 1.15 bits per heavy atom. The van der Waals surface area contributed by atoms with Crippen LogP contribution in [-0.2, 0) is 27.2 Å². The molecule has 4 rings (SSSR count). The number of carbonyl (C=O) groups is 2. The van der Waals surface area contributed by atoms with Crippen molar-refractivity contribution >= 4 is 11.9 Å². The van der Waals surface area contributed by atoms with Crippen LogP contribution in [0.5, 0.6) is 0 Å². The SMILES string of the molecule is CCOC(=O)C(CC(C)C)n1cc(CCN2CC(F)C2)c(C)c(F)c1=O.Cc1c(CCN2CC(F)C2)cn(C(CC(C)C)C(=O)O)c(=O)c1F.[Li+].[OH-]. The van der Waals surface area contributed by atoms with Crippen LogP contribution in [0.2, 0.25) is 0 Å². The molecule has 52 heavy (non-hydrogen) atoms. The van der Waals surface area contributed by atoms with E-state index in [0.717, 1.165) is 4.57 Å². The molecular weight excluding hydrogens is 683 g/mol. The van der Waals surface area contributed by atoms with Crippen LogP contribution in [-0.4, -0.2) is 99.7 Å². The van der Waals surface area contributed by atoms with Crippen molar-refractivity contribution in [2.24, 2.45) is 11.8 Å². The van der Waals surface area contributed by atoms with Crippen LogP contribution in [0.15, 0.2) is 22.0 Å². The average Bonchev–Trinajstić information content (AvgIpc) is 3.01. The van der Waals surface area contributed by atoms with Crippen LogP contribution < -0.4 is 30.0 Å². The minimum atomic E-state index is -1.15. The summed E-state index contributed by atoms with van der Waals surface area (Å²) in [7, 11) is 0. The van der Waals surface area contributed by atoms with Crippen molar-refractivity contribution in [3.63, 3.8) is 0 Å². The van der Waals surface area contributed by atoms with Crippen molar-refractivity contribution in [2.45, 2.75) is 98.6 Å². The molecule has 2 aromatic rings. The van der Waals surface area contributed by atoms with Gasteiger partial charge in [-0.05, 0) is 80.5 Å². The molecule has 0 bridgehead atoms. The fraction of sp³-hybridized carbons (Fsp3) is 0.667. The minimum absolute atomic E-state index is 0. The van der Waals surface area contributed by atoms with Gasteiger partial charge in [0.05, 0.1) is 6.61 Å². The number of hydrogen-bond donors (Lipinski definition) is 1. The van der Waals surface area contributed by atoms with E-state index in [1.54, 1.807) is 20.0 Å². The molecule has 2 aromatic heterocycles. The number of esters is 1. The molecule has 11 nitrogen and oxygen atoms in total. The Kier molecular flexibility index (Phi) is 19.1. The van der Waals surface area contributed by atoms with E-state index in [9.17, 15) is 41.8 Å². The largest absolute Gasteiger partial charge is 1.00 e. The molecule has 2 unspecified atom stereocenters. The van der Waals surface area contributed by atoms with E-state index in [2.05, 4.69) is 0 Å². The Labute approximate surface area is 314 Å². The molecule has 2 saturated heterocycles. The molecule has 2 N–H and O–H groups in total. The van der Waals surface area contributed by atoms with Crippen molar-refractivity contribution in [2.75, 3.05) is 45.9 Å². The Morgan fingerprint density at radius 3 is 1.48 bits per heavy atom. The molecular formula is C36H53F4LiN4O7. The number of aliphatic carboxylic acids is 1. The van der Waals surface area contributed by atoms with Crippen LogP contribution in [0.1, 0.15) is 81.8 Å². The van der Waals surface area contributed by atoms with E-state index in [1.165, 1.54) is 17.7 Å². The van der Waals surface area contributed by atoms with Gasteiger partial charge in [-0.1, -0.05) is 27.7 Å². The third-order valence-corrected chi connectivity index (χ3v) is 9.18. The molecule has 0 aliphatic carbocycles. The van der Waals surface area contributed by atoms with Crippen LogP contribution >= 0.6 is 0 Å². The number of pyridine rings is 2. The number of nitrogens with zero attached hydrogens (tertiary/aromatic N) is 4. The van der Waals surface area contributed by atoms with Crippen molar-refractivity contribution < 1.29 is 61.3 Å². The summed E-state index contributed by atoms with van der Waals surface area (Å²) < 4.78 is 61.9. The van der Waals surface area contributed by atoms with Gasteiger partial charge in [0.1, 0.15) is 24.4 Å². The van der Waals surface area contributed by atoms with E-state index in [1.807, 2.05) is 37.5 Å². The molecule has 4 heterocycles. The predicted octanol–water partition coefficient (Wildman–Crippen LogP) is 1.63. The summed E-state index contributed by atoms with van der Waals surface area (Å²) in [6.45, 7) is 15.2. The maximum Gasteiger partial charge on any atom is 1.00 e. The zero-order valence-electron chi connectivity index (χ0n) is 31.6. The van der Waals surface area contributed by atoms with Gasteiger partial charge in [0.25, 0.3) is 11.1 Å². The van der Waals surface area contributed by atoms with E-state index < -0.39 is 59.1 Å². The molecule has 0 radical (unpaired) electrons. The van der Waals surface area contributed by atoms with Crippen molar-refractivity contribution in [3.8, 4) is 0 Å². The number of carbonyl (C=O) groups excluding carboxylic acids is 1. The number of rotatable bonds is 15. The van der Waals surface area contributed by atoms with E-state index >= 15 is 0 Å². The van der Waals surface area contributed by atoms with Crippen LogP contribution in [0, 0.1) is 37.3 Å². The van der Waals surface area contributed by atoms with Crippen LogP contribution in [0.25, 0.3) is 0 Å². The number of hydrogen-bond acceptors (Lipinski definition) is 8. The molecule has 0 amide bonds. The summed E-state index contributed by atoms with van der Waals surface area (Å²) in [6, 6.07) is -1.94. The normalized spacial score (nSPS) is 16.2. The molecule has 2 fully saturated rings. The van der Waals surface area contributed by atoms with Crippen molar-refractivity contribution in [1.82, 2.24) is 18.9 Å². The van der Waals surface area contributed by atoms with Gasteiger partial charge in [0.15, 0.2) is 11.6 Å². The fourth-order valence-corrected chi connectivity index (χ4v) is 6.17. The average molecular weight is 737 g/mol.